The Hall–Kier alpha value is -3.15. The maximum Gasteiger partial charge on any atom is 0.316 e. The number of carbonyl (C=O) groups excluding carboxylic acids is 1. The Kier molecular flexibility index (Phi) is 4.52. The molecule has 2 N–H and O–H groups in total. The summed E-state index contributed by atoms with van der Waals surface area (Å²) < 4.78 is 1.39. The van der Waals surface area contributed by atoms with Crippen molar-refractivity contribution in [2.75, 3.05) is 0 Å². The van der Waals surface area contributed by atoms with Crippen LogP contribution in [0.15, 0.2) is 58.1 Å². The topological polar surface area (TPSA) is 84.0 Å². The molecule has 0 saturated carbocycles. The first-order valence-electron chi connectivity index (χ1n) is 8.14. The minimum absolute atomic E-state index is 0.145. The van der Waals surface area contributed by atoms with E-state index < -0.39 is 11.1 Å². The largest absolute Gasteiger partial charge is 0.346 e. The molecule has 1 heterocycles. The van der Waals surface area contributed by atoms with Gasteiger partial charge < -0.3 is 14.9 Å². The number of amides is 1. The number of rotatable bonds is 4. The van der Waals surface area contributed by atoms with E-state index in [1.165, 1.54) is 4.57 Å². The molecule has 0 fully saturated rings. The Bertz CT molecular complexity index is 1040. The normalized spacial score (nSPS) is 12.1. The number of benzene rings is 2. The van der Waals surface area contributed by atoms with Crippen molar-refractivity contribution in [2.45, 2.75) is 26.4 Å². The van der Waals surface area contributed by atoms with E-state index in [-0.39, 0.29) is 11.9 Å². The summed E-state index contributed by atoms with van der Waals surface area (Å²) in [6.07, 6.45) is 0. The molecule has 128 valence electrons. The van der Waals surface area contributed by atoms with Gasteiger partial charge in [-0.3, -0.25) is 14.4 Å². The molecule has 6 nitrogen and oxygen atoms in total. The Morgan fingerprint density at radius 2 is 1.88 bits per heavy atom. The van der Waals surface area contributed by atoms with Gasteiger partial charge in [0.2, 0.25) is 0 Å². The fraction of sp³-hybridized carbons (Fsp3) is 0.211. The van der Waals surface area contributed by atoms with Gasteiger partial charge in [0.1, 0.15) is 0 Å². The molecule has 25 heavy (non-hydrogen) atoms. The molecule has 1 atom stereocenters. The quantitative estimate of drug-likeness (QED) is 0.716. The van der Waals surface area contributed by atoms with Gasteiger partial charge in [-0.05, 0) is 37.6 Å². The average molecular weight is 337 g/mol. The van der Waals surface area contributed by atoms with Crippen LogP contribution in [0.3, 0.4) is 0 Å². The molecule has 0 saturated heterocycles. The van der Waals surface area contributed by atoms with Crippen molar-refractivity contribution >= 4 is 16.9 Å². The predicted octanol–water partition coefficient (Wildman–Crippen LogP) is 2.20. The Morgan fingerprint density at radius 3 is 2.56 bits per heavy atom. The van der Waals surface area contributed by atoms with E-state index in [1.807, 2.05) is 37.3 Å². The predicted molar refractivity (Wildman–Crippen MR) is 96.8 cm³/mol. The lowest BCUT2D eigenvalue weighted by Crippen LogP contribution is -2.36. The summed E-state index contributed by atoms with van der Waals surface area (Å²) in [5, 5.41) is 2.93. The number of hydrogen-bond acceptors (Lipinski definition) is 3. The minimum atomic E-state index is -0.690. The minimum Gasteiger partial charge on any atom is -0.346 e. The van der Waals surface area contributed by atoms with Gasteiger partial charge >= 0.3 is 11.1 Å². The van der Waals surface area contributed by atoms with Gasteiger partial charge in [0.25, 0.3) is 5.91 Å². The van der Waals surface area contributed by atoms with Crippen LogP contribution in [-0.4, -0.2) is 15.5 Å². The fourth-order valence-corrected chi connectivity index (χ4v) is 2.84. The molecule has 6 heteroatoms. The molecule has 3 rings (SSSR count). The van der Waals surface area contributed by atoms with Gasteiger partial charge in [0.15, 0.2) is 0 Å². The summed E-state index contributed by atoms with van der Waals surface area (Å²) in [7, 11) is 0. The van der Waals surface area contributed by atoms with Crippen LogP contribution < -0.4 is 16.4 Å². The summed E-state index contributed by atoms with van der Waals surface area (Å²) in [6.45, 7) is 4.09. The summed E-state index contributed by atoms with van der Waals surface area (Å²) >= 11 is 0. The molecule has 1 unspecified atom stereocenters. The highest BCUT2D eigenvalue weighted by Gasteiger charge is 2.13. The van der Waals surface area contributed by atoms with Crippen molar-refractivity contribution in [3.63, 3.8) is 0 Å². The van der Waals surface area contributed by atoms with Crippen LogP contribution in [-0.2, 0) is 6.54 Å². The lowest BCUT2D eigenvalue weighted by molar-refractivity contribution is 0.0940. The van der Waals surface area contributed by atoms with Gasteiger partial charge in [0, 0.05) is 12.1 Å². The van der Waals surface area contributed by atoms with Gasteiger partial charge in [-0.1, -0.05) is 30.3 Å². The number of carbonyl (C=O) groups is 1. The SMILES string of the molecule is CCn1c(=O)c(=O)[nH]c2cc(C(=O)NC(C)c3ccccc3)ccc21. The van der Waals surface area contributed by atoms with Crippen molar-refractivity contribution < 1.29 is 4.79 Å². The van der Waals surface area contributed by atoms with E-state index >= 15 is 0 Å². The van der Waals surface area contributed by atoms with Crippen molar-refractivity contribution in [1.82, 2.24) is 14.9 Å². The van der Waals surface area contributed by atoms with E-state index in [0.29, 0.717) is 23.1 Å². The zero-order valence-corrected chi connectivity index (χ0v) is 14.1. The lowest BCUT2D eigenvalue weighted by Gasteiger charge is -2.15. The van der Waals surface area contributed by atoms with Crippen LogP contribution in [0.1, 0.15) is 35.8 Å². The zero-order chi connectivity index (χ0) is 18.0. The van der Waals surface area contributed by atoms with Crippen molar-refractivity contribution in [1.29, 1.82) is 0 Å². The molecule has 0 aliphatic heterocycles. The van der Waals surface area contributed by atoms with E-state index in [9.17, 15) is 14.4 Å². The third-order valence-corrected chi connectivity index (χ3v) is 4.20. The first-order valence-corrected chi connectivity index (χ1v) is 8.14. The number of aryl methyl sites for hydroxylation is 1. The Labute approximate surface area is 144 Å². The van der Waals surface area contributed by atoms with Crippen LogP contribution >= 0.6 is 0 Å². The number of H-pyrrole nitrogens is 1. The first kappa shape index (κ1) is 16.7. The van der Waals surface area contributed by atoms with E-state index in [0.717, 1.165) is 5.56 Å². The van der Waals surface area contributed by atoms with Crippen LogP contribution in [0.4, 0.5) is 0 Å². The monoisotopic (exact) mass is 337 g/mol. The molecular formula is C19H19N3O3. The van der Waals surface area contributed by atoms with Crippen LogP contribution in [0.5, 0.6) is 0 Å². The van der Waals surface area contributed by atoms with E-state index in [1.54, 1.807) is 25.1 Å². The lowest BCUT2D eigenvalue weighted by atomic mass is 10.1. The summed E-state index contributed by atoms with van der Waals surface area (Å²) in [4.78, 5) is 38.7. The van der Waals surface area contributed by atoms with Crippen LogP contribution in [0.2, 0.25) is 0 Å². The molecule has 0 bridgehead atoms. The highest BCUT2D eigenvalue weighted by atomic mass is 16.2. The Balaban J connectivity index is 1.94. The number of nitrogens with one attached hydrogen (secondary N) is 2. The van der Waals surface area contributed by atoms with Crippen molar-refractivity contribution in [3.8, 4) is 0 Å². The Morgan fingerprint density at radius 1 is 1.16 bits per heavy atom. The second-order valence-electron chi connectivity index (χ2n) is 5.84. The summed E-state index contributed by atoms with van der Waals surface area (Å²) in [5.41, 5.74) is 1.21. The van der Waals surface area contributed by atoms with Gasteiger partial charge in [0.05, 0.1) is 17.1 Å². The molecule has 0 aliphatic carbocycles. The zero-order valence-electron chi connectivity index (χ0n) is 14.1. The summed E-state index contributed by atoms with van der Waals surface area (Å²) in [6, 6.07) is 14.4. The molecule has 2 aromatic carbocycles. The molecule has 0 radical (unpaired) electrons. The van der Waals surface area contributed by atoms with Crippen molar-refractivity contribution in [2.24, 2.45) is 0 Å². The molecule has 1 aromatic heterocycles. The standard InChI is InChI=1S/C19H19N3O3/c1-3-22-16-10-9-14(11-15(16)21-18(24)19(22)25)17(23)20-12(2)13-7-5-4-6-8-13/h4-12H,3H2,1-2H3,(H,20,23)(H,21,24). The van der Waals surface area contributed by atoms with Crippen LogP contribution in [0.25, 0.3) is 11.0 Å². The molecule has 1 amide bonds. The number of fused-ring (bicyclic) bond motifs is 1. The fourth-order valence-electron chi connectivity index (χ4n) is 2.84. The average Bonchev–Trinajstić information content (AvgIpc) is 2.63. The number of hydrogen-bond donors (Lipinski definition) is 2. The molecule has 3 aromatic rings. The molecule has 0 spiro atoms. The maximum atomic E-state index is 12.5. The smallest absolute Gasteiger partial charge is 0.316 e. The molecule has 0 aliphatic rings. The van der Waals surface area contributed by atoms with Crippen LogP contribution in [0, 0.1) is 0 Å². The molecular weight excluding hydrogens is 318 g/mol. The second kappa shape index (κ2) is 6.76. The third kappa shape index (κ3) is 3.24. The van der Waals surface area contributed by atoms with Gasteiger partial charge in [-0.25, -0.2) is 0 Å². The van der Waals surface area contributed by atoms with Gasteiger partial charge in [-0.15, -0.1) is 0 Å². The highest BCUT2D eigenvalue weighted by Crippen LogP contribution is 2.15. The third-order valence-electron chi connectivity index (χ3n) is 4.20. The van der Waals surface area contributed by atoms with Gasteiger partial charge in [-0.2, -0.15) is 0 Å². The number of aromatic nitrogens is 2. The van der Waals surface area contributed by atoms with E-state index in [2.05, 4.69) is 10.3 Å². The second-order valence-corrected chi connectivity index (χ2v) is 5.84. The first-order chi connectivity index (χ1) is 12.0. The van der Waals surface area contributed by atoms with E-state index in [4.69, 9.17) is 0 Å². The highest BCUT2D eigenvalue weighted by molar-refractivity contribution is 5.97. The number of nitrogens with zero attached hydrogens (tertiary/aromatic N) is 1. The van der Waals surface area contributed by atoms with Crippen molar-refractivity contribution in [3.05, 3.63) is 80.4 Å². The summed E-state index contributed by atoms with van der Waals surface area (Å²) in [5.74, 6) is -0.242. The maximum absolute atomic E-state index is 12.5. The number of aromatic amines is 1.